The highest BCUT2D eigenvalue weighted by molar-refractivity contribution is 7.99. The fraction of sp³-hybridized carbons (Fsp3) is 0.333. The van der Waals surface area contributed by atoms with E-state index in [1.807, 2.05) is 41.3 Å². The van der Waals surface area contributed by atoms with Crippen LogP contribution in [0.2, 0.25) is 0 Å². The molecule has 28 heavy (non-hydrogen) atoms. The van der Waals surface area contributed by atoms with Crippen molar-refractivity contribution >= 4 is 23.4 Å². The highest BCUT2D eigenvalue weighted by Gasteiger charge is 2.30. The molecule has 1 aliphatic rings. The Morgan fingerprint density at radius 3 is 2.79 bits per heavy atom. The van der Waals surface area contributed by atoms with Crippen LogP contribution in [0.15, 0.2) is 53.8 Å². The van der Waals surface area contributed by atoms with E-state index >= 15 is 0 Å². The molecule has 1 aromatic carbocycles. The molecule has 3 aromatic rings. The summed E-state index contributed by atoms with van der Waals surface area (Å²) in [5.74, 6) is 1.19. The van der Waals surface area contributed by atoms with Crippen molar-refractivity contribution in [3.8, 4) is 11.5 Å². The highest BCUT2D eigenvalue weighted by atomic mass is 32.2. The van der Waals surface area contributed by atoms with Crippen LogP contribution in [0.25, 0.3) is 11.5 Å². The lowest BCUT2D eigenvalue weighted by Crippen LogP contribution is -2.37. The molecule has 4 rings (SSSR count). The first-order valence-electron chi connectivity index (χ1n) is 9.56. The van der Waals surface area contributed by atoms with Crippen molar-refractivity contribution in [1.82, 2.24) is 19.7 Å². The van der Waals surface area contributed by atoms with Gasteiger partial charge in [0.05, 0.1) is 5.75 Å². The Morgan fingerprint density at radius 1 is 1.18 bits per heavy atom. The molecular weight excluding hydrogens is 370 g/mol. The zero-order valence-electron chi connectivity index (χ0n) is 16.1. The van der Waals surface area contributed by atoms with Gasteiger partial charge < -0.3 is 9.47 Å². The van der Waals surface area contributed by atoms with E-state index in [0.29, 0.717) is 5.75 Å². The van der Waals surface area contributed by atoms with Crippen LogP contribution >= 0.6 is 11.8 Å². The van der Waals surface area contributed by atoms with Crippen LogP contribution in [-0.2, 0) is 17.8 Å². The number of amides is 1. The van der Waals surface area contributed by atoms with Crippen molar-refractivity contribution in [2.24, 2.45) is 0 Å². The van der Waals surface area contributed by atoms with Gasteiger partial charge in [-0.2, -0.15) is 0 Å². The van der Waals surface area contributed by atoms with Crippen molar-refractivity contribution < 1.29 is 4.79 Å². The van der Waals surface area contributed by atoms with Gasteiger partial charge in [-0.3, -0.25) is 9.78 Å². The van der Waals surface area contributed by atoms with Crippen molar-refractivity contribution in [3.05, 3.63) is 54.2 Å². The molecule has 1 amide bonds. The number of nitrogens with zero attached hydrogens (tertiary/aromatic N) is 5. The molecule has 1 atom stereocenters. The van der Waals surface area contributed by atoms with Crippen LogP contribution < -0.4 is 4.90 Å². The van der Waals surface area contributed by atoms with Crippen molar-refractivity contribution in [3.63, 3.8) is 0 Å². The van der Waals surface area contributed by atoms with Crippen molar-refractivity contribution in [1.29, 1.82) is 0 Å². The van der Waals surface area contributed by atoms with Gasteiger partial charge in [-0.05, 0) is 43.5 Å². The predicted molar refractivity (Wildman–Crippen MR) is 111 cm³/mol. The van der Waals surface area contributed by atoms with Crippen LogP contribution in [0.3, 0.4) is 0 Å². The number of anilines is 1. The fourth-order valence-electron chi connectivity index (χ4n) is 3.65. The summed E-state index contributed by atoms with van der Waals surface area (Å²) in [4.78, 5) is 19.3. The highest BCUT2D eigenvalue weighted by Crippen LogP contribution is 2.33. The minimum absolute atomic E-state index is 0.105. The van der Waals surface area contributed by atoms with Crippen LogP contribution in [-0.4, -0.2) is 37.5 Å². The fourth-order valence-corrected chi connectivity index (χ4v) is 4.47. The van der Waals surface area contributed by atoms with Gasteiger partial charge in [0.2, 0.25) is 5.91 Å². The Balaban J connectivity index is 1.52. The molecule has 0 bridgehead atoms. The lowest BCUT2D eigenvalue weighted by atomic mass is 10.1. The summed E-state index contributed by atoms with van der Waals surface area (Å²) in [6.07, 6.45) is 3.61. The summed E-state index contributed by atoms with van der Waals surface area (Å²) in [7, 11) is 0. The number of pyridine rings is 1. The van der Waals surface area contributed by atoms with Crippen LogP contribution in [0.1, 0.15) is 25.8 Å². The lowest BCUT2D eigenvalue weighted by Gasteiger charge is -2.22. The number of benzene rings is 1. The smallest absolute Gasteiger partial charge is 0.237 e. The molecule has 0 radical (unpaired) electrons. The third kappa shape index (κ3) is 3.54. The summed E-state index contributed by atoms with van der Waals surface area (Å²) >= 11 is 1.44. The SMILES string of the molecule is CCCn1c(SCC(=O)N2c3ccccc3C[C@H]2C)nnc1-c1ccccn1. The van der Waals surface area contributed by atoms with Crippen LogP contribution in [0, 0.1) is 0 Å². The summed E-state index contributed by atoms with van der Waals surface area (Å²) in [6, 6.07) is 14.1. The van der Waals surface area contributed by atoms with Gasteiger partial charge in [0, 0.05) is 24.5 Å². The number of rotatable bonds is 6. The quantitative estimate of drug-likeness (QED) is 0.596. The number of aromatic nitrogens is 4. The molecule has 0 N–H and O–H groups in total. The Morgan fingerprint density at radius 2 is 2.00 bits per heavy atom. The molecule has 1 aliphatic heterocycles. The van der Waals surface area contributed by atoms with Gasteiger partial charge in [-0.15, -0.1) is 10.2 Å². The zero-order valence-corrected chi connectivity index (χ0v) is 16.9. The van der Waals surface area contributed by atoms with E-state index in [1.54, 1.807) is 6.20 Å². The molecule has 0 aliphatic carbocycles. The van der Waals surface area contributed by atoms with E-state index in [-0.39, 0.29) is 11.9 Å². The standard InChI is InChI=1S/C21H23N5OS/c1-3-12-25-20(17-9-6-7-11-22-17)23-24-21(25)28-14-19(27)26-15(2)13-16-8-4-5-10-18(16)26/h4-11,15H,3,12-14H2,1-2H3/t15-/m1/s1. The van der Waals surface area contributed by atoms with Crippen LogP contribution in [0.5, 0.6) is 0 Å². The molecule has 0 saturated heterocycles. The number of fused-ring (bicyclic) bond motifs is 1. The van der Waals surface area contributed by atoms with E-state index in [2.05, 4.69) is 39.7 Å². The Labute approximate surface area is 169 Å². The van der Waals surface area contributed by atoms with Gasteiger partial charge in [0.15, 0.2) is 11.0 Å². The maximum Gasteiger partial charge on any atom is 0.237 e. The minimum atomic E-state index is 0.105. The zero-order chi connectivity index (χ0) is 19.5. The van der Waals surface area contributed by atoms with Gasteiger partial charge in [0.1, 0.15) is 5.69 Å². The second kappa shape index (κ2) is 8.14. The molecule has 2 aromatic heterocycles. The molecule has 0 unspecified atom stereocenters. The van der Waals surface area contributed by atoms with Gasteiger partial charge in [-0.25, -0.2) is 0 Å². The summed E-state index contributed by atoms with van der Waals surface area (Å²) < 4.78 is 2.06. The third-order valence-electron chi connectivity index (χ3n) is 4.86. The maximum absolute atomic E-state index is 13.0. The summed E-state index contributed by atoms with van der Waals surface area (Å²) in [6.45, 7) is 5.00. The number of thioether (sulfide) groups is 1. The number of para-hydroxylation sites is 1. The number of carbonyl (C=O) groups is 1. The third-order valence-corrected chi connectivity index (χ3v) is 5.81. The van der Waals surface area contributed by atoms with E-state index < -0.39 is 0 Å². The minimum Gasteiger partial charge on any atom is -0.308 e. The molecule has 0 spiro atoms. The average molecular weight is 394 g/mol. The Hall–Kier alpha value is -2.67. The normalized spacial score (nSPS) is 15.6. The molecule has 144 valence electrons. The number of hydrogen-bond acceptors (Lipinski definition) is 5. The van der Waals surface area contributed by atoms with E-state index in [1.165, 1.54) is 17.3 Å². The largest absolute Gasteiger partial charge is 0.308 e. The molecule has 0 saturated carbocycles. The van der Waals surface area contributed by atoms with E-state index in [0.717, 1.165) is 41.7 Å². The van der Waals surface area contributed by atoms with Crippen LogP contribution in [0.4, 0.5) is 5.69 Å². The first-order valence-corrected chi connectivity index (χ1v) is 10.5. The van der Waals surface area contributed by atoms with Crippen molar-refractivity contribution in [2.75, 3.05) is 10.7 Å². The van der Waals surface area contributed by atoms with Gasteiger partial charge in [0.25, 0.3) is 0 Å². The summed E-state index contributed by atoms with van der Waals surface area (Å²) in [5, 5.41) is 9.43. The molecule has 0 fully saturated rings. The first kappa shape index (κ1) is 18.7. The Bertz CT molecular complexity index is 972. The predicted octanol–water partition coefficient (Wildman–Crippen LogP) is 3.82. The number of carbonyl (C=O) groups excluding carboxylic acids is 1. The average Bonchev–Trinajstić information content (AvgIpc) is 3.27. The van der Waals surface area contributed by atoms with E-state index in [4.69, 9.17) is 0 Å². The van der Waals surface area contributed by atoms with E-state index in [9.17, 15) is 4.79 Å². The monoisotopic (exact) mass is 393 g/mol. The number of hydrogen-bond donors (Lipinski definition) is 0. The van der Waals surface area contributed by atoms with Crippen molar-refractivity contribution in [2.45, 2.75) is 44.4 Å². The second-order valence-electron chi connectivity index (χ2n) is 6.91. The first-order chi connectivity index (χ1) is 13.7. The lowest BCUT2D eigenvalue weighted by molar-refractivity contribution is -0.116. The Kier molecular flexibility index (Phi) is 5.43. The molecule has 6 nitrogen and oxygen atoms in total. The maximum atomic E-state index is 13.0. The molecular formula is C21H23N5OS. The topological polar surface area (TPSA) is 63.9 Å². The molecule has 3 heterocycles. The summed E-state index contributed by atoms with van der Waals surface area (Å²) in [5.41, 5.74) is 3.06. The van der Waals surface area contributed by atoms with Gasteiger partial charge >= 0.3 is 0 Å². The molecule has 7 heteroatoms. The second-order valence-corrected chi connectivity index (χ2v) is 7.85. The van der Waals surface area contributed by atoms with Gasteiger partial charge in [-0.1, -0.05) is 43.0 Å².